The number of aryl methyl sites for hydroxylation is 1. The van der Waals surface area contributed by atoms with E-state index in [1.165, 1.54) is 10.8 Å². The van der Waals surface area contributed by atoms with E-state index in [-0.39, 0.29) is 0 Å². The molecule has 0 saturated heterocycles. The molecule has 0 aliphatic heterocycles. The predicted octanol–water partition coefficient (Wildman–Crippen LogP) is 5.73. The first-order valence-electron chi connectivity index (χ1n) is 8.81. The molecular weight excluding hydrogens is 324 g/mol. The van der Waals surface area contributed by atoms with Gasteiger partial charge in [-0.3, -0.25) is 4.98 Å². The Hall–Kier alpha value is -3.01. The number of rotatable bonds is 3. The molecule has 0 bridgehead atoms. The van der Waals surface area contributed by atoms with Crippen LogP contribution in [0.15, 0.2) is 48.7 Å². The first-order chi connectivity index (χ1) is 12.7. The Morgan fingerprint density at radius 3 is 2.42 bits per heavy atom. The first-order valence-corrected chi connectivity index (χ1v) is 8.81. The van der Waals surface area contributed by atoms with Crippen molar-refractivity contribution in [3.05, 3.63) is 54.2 Å². The fourth-order valence-corrected chi connectivity index (χ4v) is 3.28. The van der Waals surface area contributed by atoms with Gasteiger partial charge in [-0.25, -0.2) is 0 Å². The minimum absolute atomic E-state index is 0.711. The quantitative estimate of drug-likeness (QED) is 0.514. The molecule has 4 heteroatoms. The number of ether oxygens (including phenoxy) is 2. The van der Waals surface area contributed by atoms with Gasteiger partial charge in [0.2, 0.25) is 0 Å². The zero-order chi connectivity index (χ0) is 18.7. The number of fused-ring (bicyclic) bond motifs is 3. The van der Waals surface area contributed by atoms with Crippen molar-refractivity contribution < 1.29 is 9.47 Å². The molecule has 2 heterocycles. The van der Waals surface area contributed by atoms with Crippen LogP contribution in [0, 0.1) is 6.92 Å². The summed E-state index contributed by atoms with van der Waals surface area (Å²) in [5, 5.41) is 2.37. The molecule has 0 fully saturated rings. The maximum absolute atomic E-state index is 5.49. The van der Waals surface area contributed by atoms with Gasteiger partial charge >= 0.3 is 0 Å². The second-order valence-corrected chi connectivity index (χ2v) is 5.78. The molecule has 1 N–H and O–H groups in total. The molecule has 0 unspecified atom stereocenters. The predicted molar refractivity (Wildman–Crippen MR) is 108 cm³/mol. The number of aromatic amines is 1. The van der Waals surface area contributed by atoms with Crippen molar-refractivity contribution in [2.45, 2.75) is 20.8 Å². The topological polar surface area (TPSA) is 47.1 Å². The Balaban J connectivity index is 0.000000948. The van der Waals surface area contributed by atoms with Crippen molar-refractivity contribution in [1.82, 2.24) is 9.97 Å². The lowest BCUT2D eigenvalue weighted by atomic mass is 10.0. The van der Waals surface area contributed by atoms with Gasteiger partial charge in [-0.05, 0) is 36.8 Å². The van der Waals surface area contributed by atoms with Crippen LogP contribution in [0.3, 0.4) is 0 Å². The summed E-state index contributed by atoms with van der Waals surface area (Å²) in [4.78, 5) is 8.11. The van der Waals surface area contributed by atoms with E-state index in [0.717, 1.165) is 33.6 Å². The Bertz CT molecular complexity index is 1050. The van der Waals surface area contributed by atoms with Crippen LogP contribution in [0.25, 0.3) is 33.1 Å². The van der Waals surface area contributed by atoms with Crippen LogP contribution >= 0.6 is 0 Å². The Labute approximate surface area is 153 Å². The van der Waals surface area contributed by atoms with Crippen molar-refractivity contribution in [1.29, 1.82) is 0 Å². The zero-order valence-electron chi connectivity index (χ0n) is 15.9. The molecule has 0 atom stereocenters. The zero-order valence-corrected chi connectivity index (χ0v) is 15.9. The number of methoxy groups -OCH3 is 2. The van der Waals surface area contributed by atoms with Gasteiger partial charge in [0.1, 0.15) is 0 Å². The van der Waals surface area contributed by atoms with Crippen molar-refractivity contribution in [2.75, 3.05) is 14.2 Å². The lowest BCUT2D eigenvalue weighted by Crippen LogP contribution is -1.95. The van der Waals surface area contributed by atoms with Crippen molar-refractivity contribution >= 4 is 21.8 Å². The standard InChI is InChI=1S/C20H18N2O2.C2H6/c1-12-10-13(11-17(23-2)20(12)24-3)18-19-15(8-9-21-18)14-6-4-5-7-16(14)22-19;1-2/h4-11,22H,1-3H3;1-2H3. The molecule has 4 rings (SSSR count). The summed E-state index contributed by atoms with van der Waals surface area (Å²) in [7, 11) is 3.30. The van der Waals surface area contributed by atoms with Gasteiger partial charge in [0.25, 0.3) is 0 Å². The number of hydrogen-bond donors (Lipinski definition) is 1. The van der Waals surface area contributed by atoms with E-state index in [0.29, 0.717) is 5.75 Å². The van der Waals surface area contributed by atoms with Crippen LogP contribution in [0.4, 0.5) is 0 Å². The van der Waals surface area contributed by atoms with E-state index in [1.807, 2.05) is 45.2 Å². The number of nitrogens with zero attached hydrogens (tertiary/aromatic N) is 1. The van der Waals surface area contributed by atoms with E-state index in [2.05, 4.69) is 34.2 Å². The normalized spacial score (nSPS) is 10.5. The summed E-state index contributed by atoms with van der Waals surface area (Å²) < 4.78 is 10.9. The average molecular weight is 348 g/mol. The molecule has 4 nitrogen and oxygen atoms in total. The Morgan fingerprint density at radius 2 is 1.69 bits per heavy atom. The lowest BCUT2D eigenvalue weighted by molar-refractivity contribution is 0.353. The summed E-state index contributed by atoms with van der Waals surface area (Å²) in [6.45, 7) is 6.01. The van der Waals surface area contributed by atoms with Gasteiger partial charge in [0.15, 0.2) is 11.5 Å². The van der Waals surface area contributed by atoms with Crippen molar-refractivity contribution in [3.63, 3.8) is 0 Å². The maximum Gasteiger partial charge on any atom is 0.163 e. The Morgan fingerprint density at radius 1 is 0.923 bits per heavy atom. The highest BCUT2D eigenvalue weighted by Gasteiger charge is 2.15. The maximum atomic E-state index is 5.49. The van der Waals surface area contributed by atoms with Crippen LogP contribution in [0.2, 0.25) is 0 Å². The van der Waals surface area contributed by atoms with E-state index < -0.39 is 0 Å². The summed E-state index contributed by atoms with van der Waals surface area (Å²) >= 11 is 0. The smallest absolute Gasteiger partial charge is 0.163 e. The second-order valence-electron chi connectivity index (χ2n) is 5.78. The largest absolute Gasteiger partial charge is 0.493 e. The molecule has 2 aromatic carbocycles. The van der Waals surface area contributed by atoms with E-state index in [4.69, 9.17) is 9.47 Å². The summed E-state index contributed by atoms with van der Waals surface area (Å²) in [5.41, 5.74) is 5.07. The molecule has 0 radical (unpaired) electrons. The van der Waals surface area contributed by atoms with E-state index >= 15 is 0 Å². The summed E-state index contributed by atoms with van der Waals surface area (Å²) in [5.74, 6) is 1.47. The molecule has 134 valence electrons. The van der Waals surface area contributed by atoms with Crippen LogP contribution in [-0.4, -0.2) is 24.2 Å². The minimum atomic E-state index is 0.711. The SMILES string of the molecule is CC.COc1cc(-c2nccc3c2[nH]c2ccccc23)cc(C)c1OC. The molecule has 0 amide bonds. The van der Waals surface area contributed by atoms with Gasteiger partial charge in [0, 0.05) is 28.0 Å². The van der Waals surface area contributed by atoms with Gasteiger partial charge in [-0.15, -0.1) is 0 Å². The van der Waals surface area contributed by atoms with Crippen LogP contribution in [0.1, 0.15) is 19.4 Å². The van der Waals surface area contributed by atoms with Crippen molar-refractivity contribution in [3.8, 4) is 22.8 Å². The Kier molecular flexibility index (Phi) is 5.12. The third-order valence-electron chi connectivity index (χ3n) is 4.37. The molecule has 4 aromatic rings. The number of nitrogens with one attached hydrogen (secondary N) is 1. The second kappa shape index (κ2) is 7.48. The van der Waals surface area contributed by atoms with E-state index in [1.54, 1.807) is 14.2 Å². The lowest BCUT2D eigenvalue weighted by Gasteiger charge is -2.13. The fraction of sp³-hybridized carbons (Fsp3) is 0.227. The third kappa shape index (κ3) is 2.88. The highest BCUT2D eigenvalue weighted by Crippen LogP contribution is 2.38. The fourth-order valence-electron chi connectivity index (χ4n) is 3.28. The van der Waals surface area contributed by atoms with Gasteiger partial charge in [-0.1, -0.05) is 32.0 Å². The van der Waals surface area contributed by atoms with Crippen LogP contribution in [0.5, 0.6) is 11.5 Å². The number of benzene rings is 2. The van der Waals surface area contributed by atoms with E-state index in [9.17, 15) is 0 Å². The minimum Gasteiger partial charge on any atom is -0.493 e. The molecule has 2 aromatic heterocycles. The van der Waals surface area contributed by atoms with Gasteiger partial charge in [-0.2, -0.15) is 0 Å². The van der Waals surface area contributed by atoms with Gasteiger partial charge in [0.05, 0.1) is 25.4 Å². The van der Waals surface area contributed by atoms with Crippen LogP contribution < -0.4 is 9.47 Å². The molecule has 26 heavy (non-hydrogen) atoms. The monoisotopic (exact) mass is 348 g/mol. The summed E-state index contributed by atoms with van der Waals surface area (Å²) in [6, 6.07) is 14.4. The molecule has 0 aliphatic carbocycles. The van der Waals surface area contributed by atoms with Gasteiger partial charge < -0.3 is 14.5 Å². The van der Waals surface area contributed by atoms with Crippen molar-refractivity contribution in [2.24, 2.45) is 0 Å². The highest BCUT2D eigenvalue weighted by molar-refractivity contribution is 6.10. The van der Waals surface area contributed by atoms with Crippen LogP contribution in [-0.2, 0) is 0 Å². The number of H-pyrrole nitrogens is 1. The molecule has 0 aliphatic rings. The number of aromatic nitrogens is 2. The average Bonchev–Trinajstić information content (AvgIpc) is 3.07. The summed E-state index contributed by atoms with van der Waals surface area (Å²) in [6.07, 6.45) is 1.85. The highest BCUT2D eigenvalue weighted by atomic mass is 16.5. The number of hydrogen-bond acceptors (Lipinski definition) is 3. The molecular formula is C22H24N2O2. The number of pyridine rings is 1. The first kappa shape index (κ1) is 17.8. The third-order valence-corrected chi connectivity index (χ3v) is 4.37. The molecule has 0 spiro atoms. The number of para-hydroxylation sites is 1. The molecule has 0 saturated carbocycles.